The van der Waals surface area contributed by atoms with E-state index in [-0.39, 0.29) is 5.75 Å². The Morgan fingerprint density at radius 2 is 1.58 bits per heavy atom. The van der Waals surface area contributed by atoms with Crippen LogP contribution in [-0.2, 0) is 0 Å². The van der Waals surface area contributed by atoms with Gasteiger partial charge in [0.25, 0.3) is 0 Å². The van der Waals surface area contributed by atoms with E-state index < -0.39 is 0 Å². The van der Waals surface area contributed by atoms with Crippen molar-refractivity contribution in [2.45, 2.75) is 6.42 Å². The van der Waals surface area contributed by atoms with E-state index in [0.717, 1.165) is 49.9 Å². The quantitative estimate of drug-likeness (QED) is 0.810. The third kappa shape index (κ3) is 4.79. The zero-order valence-electron chi connectivity index (χ0n) is 13.7. The zero-order chi connectivity index (χ0) is 16.8. The monoisotopic (exact) mass is 346 g/mol. The average Bonchev–Trinajstić information content (AvgIpc) is 2.62. The topological polar surface area (TPSA) is 35.9 Å². The van der Waals surface area contributed by atoms with E-state index >= 15 is 0 Å². The maximum Gasteiger partial charge on any atom is 0.119 e. The third-order valence-electron chi connectivity index (χ3n) is 4.29. The summed E-state index contributed by atoms with van der Waals surface area (Å²) in [5.41, 5.74) is 1.25. The number of hydrogen-bond donors (Lipinski definition) is 1. The molecule has 128 valence electrons. The first-order valence-electron chi connectivity index (χ1n) is 8.35. The number of phenolic OH excluding ortho intramolecular Hbond substituents is 1. The van der Waals surface area contributed by atoms with Crippen LogP contribution in [0.4, 0.5) is 5.69 Å². The Kier molecular flexibility index (Phi) is 5.83. The van der Waals surface area contributed by atoms with Crippen LogP contribution >= 0.6 is 11.6 Å². The van der Waals surface area contributed by atoms with E-state index in [0.29, 0.717) is 6.61 Å². The molecule has 0 spiro atoms. The van der Waals surface area contributed by atoms with Gasteiger partial charge in [-0.2, -0.15) is 0 Å². The van der Waals surface area contributed by atoms with Crippen LogP contribution in [0.3, 0.4) is 0 Å². The lowest BCUT2D eigenvalue weighted by Gasteiger charge is -2.36. The van der Waals surface area contributed by atoms with Crippen LogP contribution in [0, 0.1) is 0 Å². The second kappa shape index (κ2) is 8.27. The SMILES string of the molecule is Oc1ccc(OCCCN2CCN(c3ccc(Cl)cc3)CC2)cc1. The van der Waals surface area contributed by atoms with Crippen LogP contribution in [0.25, 0.3) is 0 Å². The summed E-state index contributed by atoms with van der Waals surface area (Å²) in [6.07, 6.45) is 1.00. The predicted octanol–water partition coefficient (Wildman–Crippen LogP) is 3.64. The lowest BCUT2D eigenvalue weighted by atomic mass is 10.2. The summed E-state index contributed by atoms with van der Waals surface area (Å²) in [6.45, 7) is 5.97. The van der Waals surface area contributed by atoms with Crippen LogP contribution < -0.4 is 9.64 Å². The van der Waals surface area contributed by atoms with Crippen LogP contribution in [0.15, 0.2) is 48.5 Å². The molecule has 3 rings (SSSR count). The number of aromatic hydroxyl groups is 1. The fourth-order valence-corrected chi connectivity index (χ4v) is 3.03. The van der Waals surface area contributed by atoms with Crippen molar-refractivity contribution in [1.29, 1.82) is 0 Å². The van der Waals surface area contributed by atoms with Gasteiger partial charge in [0.2, 0.25) is 0 Å². The van der Waals surface area contributed by atoms with E-state index in [1.807, 2.05) is 12.1 Å². The number of benzene rings is 2. The lowest BCUT2D eigenvalue weighted by Crippen LogP contribution is -2.46. The Morgan fingerprint density at radius 3 is 2.25 bits per heavy atom. The van der Waals surface area contributed by atoms with Crippen molar-refractivity contribution in [3.8, 4) is 11.5 Å². The zero-order valence-corrected chi connectivity index (χ0v) is 14.5. The molecule has 0 atom stereocenters. The van der Waals surface area contributed by atoms with Crippen molar-refractivity contribution >= 4 is 17.3 Å². The number of anilines is 1. The van der Waals surface area contributed by atoms with Crippen LogP contribution in [0.1, 0.15) is 6.42 Å². The van der Waals surface area contributed by atoms with Gasteiger partial charge in [-0.25, -0.2) is 0 Å². The molecule has 1 aliphatic heterocycles. The molecule has 0 bridgehead atoms. The number of piperazine rings is 1. The average molecular weight is 347 g/mol. The van der Waals surface area contributed by atoms with E-state index in [4.69, 9.17) is 16.3 Å². The molecule has 1 heterocycles. The van der Waals surface area contributed by atoms with Gasteiger partial charge in [-0.05, 0) is 55.0 Å². The Balaban J connectivity index is 1.35. The number of nitrogens with zero attached hydrogens (tertiary/aromatic N) is 2. The molecule has 5 heteroatoms. The number of halogens is 1. The number of rotatable bonds is 6. The molecule has 2 aromatic rings. The number of phenols is 1. The Labute approximate surface area is 148 Å². The van der Waals surface area contributed by atoms with Crippen LogP contribution in [0.2, 0.25) is 5.02 Å². The van der Waals surface area contributed by atoms with E-state index in [1.165, 1.54) is 5.69 Å². The fraction of sp³-hybridized carbons (Fsp3) is 0.368. The summed E-state index contributed by atoms with van der Waals surface area (Å²) < 4.78 is 5.69. The molecule has 1 aliphatic rings. The molecule has 0 radical (unpaired) electrons. The maximum atomic E-state index is 9.24. The summed E-state index contributed by atoms with van der Waals surface area (Å²) in [4.78, 5) is 4.88. The molecular weight excluding hydrogens is 324 g/mol. The van der Waals surface area contributed by atoms with Gasteiger partial charge in [0.1, 0.15) is 11.5 Å². The minimum Gasteiger partial charge on any atom is -0.508 e. The lowest BCUT2D eigenvalue weighted by molar-refractivity contribution is 0.224. The van der Waals surface area contributed by atoms with E-state index in [2.05, 4.69) is 21.9 Å². The number of hydrogen-bond acceptors (Lipinski definition) is 4. The molecule has 1 fully saturated rings. The Bertz CT molecular complexity index is 623. The van der Waals surface area contributed by atoms with Gasteiger partial charge in [0.05, 0.1) is 6.61 Å². The van der Waals surface area contributed by atoms with Crippen molar-refractivity contribution in [1.82, 2.24) is 4.90 Å². The molecular formula is C19H23ClN2O2. The largest absolute Gasteiger partial charge is 0.508 e. The van der Waals surface area contributed by atoms with E-state index in [9.17, 15) is 5.11 Å². The first-order chi connectivity index (χ1) is 11.7. The summed E-state index contributed by atoms with van der Waals surface area (Å²) >= 11 is 5.95. The summed E-state index contributed by atoms with van der Waals surface area (Å²) in [7, 11) is 0. The van der Waals surface area contributed by atoms with Crippen molar-refractivity contribution in [3.63, 3.8) is 0 Å². The summed E-state index contributed by atoms with van der Waals surface area (Å²) in [5.74, 6) is 1.07. The van der Waals surface area contributed by atoms with E-state index in [1.54, 1.807) is 24.3 Å². The molecule has 1 saturated heterocycles. The van der Waals surface area contributed by atoms with Crippen LogP contribution in [-0.4, -0.2) is 49.3 Å². The van der Waals surface area contributed by atoms with Gasteiger partial charge >= 0.3 is 0 Å². The molecule has 0 aromatic heterocycles. The standard InChI is InChI=1S/C19H23ClN2O2/c20-16-2-4-17(5-3-16)22-13-11-21(12-14-22)10-1-15-24-19-8-6-18(23)7-9-19/h2-9,23H,1,10-15H2. The highest BCUT2D eigenvalue weighted by Crippen LogP contribution is 2.19. The molecule has 0 saturated carbocycles. The Hall–Kier alpha value is -1.91. The summed E-state index contributed by atoms with van der Waals surface area (Å²) in [6, 6.07) is 14.9. The van der Waals surface area contributed by atoms with Crippen molar-refractivity contribution in [3.05, 3.63) is 53.6 Å². The molecule has 4 nitrogen and oxygen atoms in total. The number of ether oxygens (including phenoxy) is 1. The minimum atomic E-state index is 0.265. The van der Waals surface area contributed by atoms with Gasteiger partial charge in [-0.1, -0.05) is 11.6 Å². The highest BCUT2D eigenvalue weighted by molar-refractivity contribution is 6.30. The second-order valence-corrected chi connectivity index (χ2v) is 6.44. The Morgan fingerprint density at radius 1 is 0.917 bits per heavy atom. The molecule has 2 aromatic carbocycles. The van der Waals surface area contributed by atoms with Gasteiger partial charge in [-0.15, -0.1) is 0 Å². The van der Waals surface area contributed by atoms with Gasteiger partial charge < -0.3 is 14.7 Å². The first-order valence-corrected chi connectivity index (χ1v) is 8.73. The van der Waals surface area contributed by atoms with Gasteiger partial charge in [0.15, 0.2) is 0 Å². The molecule has 0 aliphatic carbocycles. The highest BCUT2D eigenvalue weighted by atomic mass is 35.5. The van der Waals surface area contributed by atoms with Gasteiger partial charge in [0, 0.05) is 43.4 Å². The third-order valence-corrected chi connectivity index (χ3v) is 4.54. The first kappa shape index (κ1) is 16.9. The molecule has 0 unspecified atom stereocenters. The maximum absolute atomic E-state index is 9.24. The predicted molar refractivity (Wildman–Crippen MR) is 98.3 cm³/mol. The highest BCUT2D eigenvalue weighted by Gasteiger charge is 2.16. The fourth-order valence-electron chi connectivity index (χ4n) is 2.90. The summed E-state index contributed by atoms with van der Waals surface area (Å²) in [5, 5.41) is 10.0. The normalized spacial score (nSPS) is 15.5. The van der Waals surface area contributed by atoms with Crippen molar-refractivity contribution in [2.75, 3.05) is 44.2 Å². The van der Waals surface area contributed by atoms with Crippen molar-refractivity contribution < 1.29 is 9.84 Å². The molecule has 24 heavy (non-hydrogen) atoms. The smallest absolute Gasteiger partial charge is 0.119 e. The van der Waals surface area contributed by atoms with Crippen molar-refractivity contribution in [2.24, 2.45) is 0 Å². The van der Waals surface area contributed by atoms with Gasteiger partial charge in [-0.3, -0.25) is 4.90 Å². The molecule has 0 amide bonds. The minimum absolute atomic E-state index is 0.265. The molecule has 1 N–H and O–H groups in total. The van der Waals surface area contributed by atoms with Crippen LogP contribution in [0.5, 0.6) is 11.5 Å². The second-order valence-electron chi connectivity index (χ2n) is 6.00.